The largest absolute Gasteiger partial charge is 0.467 e. The van der Waals surface area contributed by atoms with E-state index in [1.807, 2.05) is 17.0 Å². The summed E-state index contributed by atoms with van der Waals surface area (Å²) in [7, 11) is 1.28. The summed E-state index contributed by atoms with van der Waals surface area (Å²) in [6.45, 7) is 2.23. The van der Waals surface area contributed by atoms with Gasteiger partial charge in [-0.15, -0.1) is 0 Å². The van der Waals surface area contributed by atoms with Gasteiger partial charge in [0, 0.05) is 18.0 Å². The van der Waals surface area contributed by atoms with Gasteiger partial charge in [0.05, 0.1) is 12.8 Å². The Balaban J connectivity index is 1.91. The molecule has 0 saturated carbocycles. The highest BCUT2D eigenvalue weighted by Crippen LogP contribution is 2.31. The van der Waals surface area contributed by atoms with E-state index in [0.29, 0.717) is 24.2 Å². The maximum absolute atomic E-state index is 12.6. The van der Waals surface area contributed by atoms with E-state index in [1.54, 1.807) is 19.1 Å². The zero-order valence-electron chi connectivity index (χ0n) is 14.2. The van der Waals surface area contributed by atoms with Crippen LogP contribution in [-0.4, -0.2) is 37.6 Å². The van der Waals surface area contributed by atoms with Gasteiger partial charge in [0.15, 0.2) is 0 Å². The Morgan fingerprint density at radius 3 is 2.88 bits per heavy atom. The number of ether oxygens (including phenoxy) is 1. The van der Waals surface area contributed by atoms with Crippen LogP contribution in [0.5, 0.6) is 0 Å². The predicted octanol–water partition coefficient (Wildman–Crippen LogP) is 1.44. The normalized spacial score (nSPS) is 18.2. The van der Waals surface area contributed by atoms with Crippen LogP contribution in [0.3, 0.4) is 0 Å². The Hall–Kier alpha value is -2.83. The molecule has 3 rings (SSSR count). The lowest BCUT2D eigenvalue weighted by atomic mass is 10.1. The fraction of sp³-hybridized carbons (Fsp3) is 0.389. The van der Waals surface area contributed by atoms with Crippen molar-refractivity contribution in [2.24, 2.45) is 0 Å². The van der Waals surface area contributed by atoms with Crippen molar-refractivity contribution in [3.63, 3.8) is 0 Å². The van der Waals surface area contributed by atoms with Crippen molar-refractivity contribution in [2.75, 3.05) is 18.6 Å². The SMILES string of the molecule is COC(=O)C(C)NC(=O)[C@@H]1CCCN1c1cc(=O)oc2ccccc12. The van der Waals surface area contributed by atoms with Gasteiger partial charge < -0.3 is 19.4 Å². The van der Waals surface area contributed by atoms with Gasteiger partial charge in [-0.25, -0.2) is 9.59 Å². The van der Waals surface area contributed by atoms with Gasteiger partial charge >= 0.3 is 11.6 Å². The molecular weight excluding hydrogens is 324 g/mol. The zero-order chi connectivity index (χ0) is 18.0. The minimum Gasteiger partial charge on any atom is -0.467 e. The smallest absolute Gasteiger partial charge is 0.338 e. The number of anilines is 1. The lowest BCUT2D eigenvalue weighted by Gasteiger charge is -2.27. The number of carbonyl (C=O) groups excluding carboxylic acids is 2. The van der Waals surface area contributed by atoms with E-state index < -0.39 is 23.7 Å². The van der Waals surface area contributed by atoms with Crippen molar-refractivity contribution in [3.8, 4) is 0 Å². The molecule has 0 radical (unpaired) electrons. The number of para-hydroxylation sites is 1. The number of amides is 1. The maximum Gasteiger partial charge on any atom is 0.338 e. The molecule has 25 heavy (non-hydrogen) atoms. The first-order valence-corrected chi connectivity index (χ1v) is 8.19. The number of nitrogens with zero attached hydrogens (tertiary/aromatic N) is 1. The van der Waals surface area contributed by atoms with Gasteiger partial charge in [-0.3, -0.25) is 4.79 Å². The van der Waals surface area contributed by atoms with Crippen LogP contribution in [0.1, 0.15) is 19.8 Å². The molecular formula is C18H20N2O5. The van der Waals surface area contributed by atoms with E-state index in [1.165, 1.54) is 13.2 Å². The van der Waals surface area contributed by atoms with Gasteiger partial charge in [-0.1, -0.05) is 12.1 Å². The van der Waals surface area contributed by atoms with Crippen molar-refractivity contribution in [3.05, 3.63) is 40.8 Å². The van der Waals surface area contributed by atoms with E-state index in [2.05, 4.69) is 10.1 Å². The van der Waals surface area contributed by atoms with Gasteiger partial charge in [0.2, 0.25) is 5.91 Å². The monoisotopic (exact) mass is 344 g/mol. The molecule has 0 aliphatic carbocycles. The summed E-state index contributed by atoms with van der Waals surface area (Å²) in [4.78, 5) is 37.9. The lowest BCUT2D eigenvalue weighted by molar-refractivity contribution is -0.144. The van der Waals surface area contributed by atoms with Gasteiger partial charge in [-0.2, -0.15) is 0 Å². The summed E-state index contributed by atoms with van der Waals surface area (Å²) < 4.78 is 9.86. The molecule has 7 nitrogen and oxygen atoms in total. The van der Waals surface area contributed by atoms with Crippen LogP contribution in [0.25, 0.3) is 11.0 Å². The standard InChI is InChI=1S/C18H20N2O5/c1-11(18(23)24-2)19-17(22)13-7-5-9-20(13)14-10-16(21)25-15-8-4-3-6-12(14)15/h3-4,6,8,10-11,13H,5,7,9H2,1-2H3,(H,19,22)/t11?,13-/m0/s1. The molecule has 1 saturated heterocycles. The number of hydrogen-bond donors (Lipinski definition) is 1. The lowest BCUT2D eigenvalue weighted by Crippen LogP contribution is -2.49. The third kappa shape index (κ3) is 3.35. The van der Waals surface area contributed by atoms with Crippen LogP contribution < -0.4 is 15.8 Å². The molecule has 1 aliphatic rings. The zero-order valence-corrected chi connectivity index (χ0v) is 14.2. The summed E-state index contributed by atoms with van der Waals surface area (Å²) in [5.74, 6) is -0.753. The molecule has 1 amide bonds. The number of methoxy groups -OCH3 is 1. The molecule has 1 aromatic carbocycles. The highest BCUT2D eigenvalue weighted by atomic mass is 16.5. The number of nitrogens with one attached hydrogen (secondary N) is 1. The third-order valence-corrected chi connectivity index (χ3v) is 4.41. The fourth-order valence-corrected chi connectivity index (χ4v) is 3.21. The summed E-state index contributed by atoms with van der Waals surface area (Å²) >= 11 is 0. The second-order valence-electron chi connectivity index (χ2n) is 6.05. The number of benzene rings is 1. The molecule has 132 valence electrons. The van der Waals surface area contributed by atoms with Crippen LogP contribution in [0, 0.1) is 0 Å². The second kappa shape index (κ2) is 6.96. The first kappa shape index (κ1) is 17.0. The van der Waals surface area contributed by atoms with Crippen LogP contribution in [-0.2, 0) is 14.3 Å². The van der Waals surface area contributed by atoms with Crippen molar-refractivity contribution >= 4 is 28.5 Å². The Bertz CT molecular complexity index is 860. The van der Waals surface area contributed by atoms with Crippen LogP contribution in [0.15, 0.2) is 39.5 Å². The molecule has 2 aromatic rings. The van der Waals surface area contributed by atoms with E-state index >= 15 is 0 Å². The number of esters is 1. The molecule has 1 fully saturated rings. The molecule has 2 atom stereocenters. The summed E-state index contributed by atoms with van der Waals surface area (Å²) in [6.07, 6.45) is 1.47. The van der Waals surface area contributed by atoms with E-state index in [4.69, 9.17) is 4.42 Å². The highest BCUT2D eigenvalue weighted by molar-refractivity contribution is 5.95. The first-order valence-electron chi connectivity index (χ1n) is 8.19. The number of hydrogen-bond acceptors (Lipinski definition) is 6. The highest BCUT2D eigenvalue weighted by Gasteiger charge is 2.33. The molecule has 1 N–H and O–H groups in total. The van der Waals surface area contributed by atoms with Gasteiger partial charge in [0.1, 0.15) is 17.7 Å². The van der Waals surface area contributed by atoms with Crippen molar-refractivity contribution in [1.29, 1.82) is 0 Å². The van der Waals surface area contributed by atoms with Crippen LogP contribution >= 0.6 is 0 Å². The quantitative estimate of drug-likeness (QED) is 0.667. The topological polar surface area (TPSA) is 88.9 Å². The average molecular weight is 344 g/mol. The predicted molar refractivity (Wildman–Crippen MR) is 92.5 cm³/mol. The summed E-state index contributed by atoms with van der Waals surface area (Å²) in [6, 6.07) is 7.48. The molecule has 2 heterocycles. The Morgan fingerprint density at radius 1 is 1.36 bits per heavy atom. The van der Waals surface area contributed by atoms with Crippen molar-refractivity contribution < 1.29 is 18.7 Å². The van der Waals surface area contributed by atoms with Crippen LogP contribution in [0.2, 0.25) is 0 Å². The van der Waals surface area contributed by atoms with Gasteiger partial charge in [-0.05, 0) is 31.9 Å². The average Bonchev–Trinajstić information content (AvgIpc) is 3.09. The molecule has 1 aromatic heterocycles. The van der Waals surface area contributed by atoms with Crippen LogP contribution in [0.4, 0.5) is 5.69 Å². The molecule has 1 aliphatic heterocycles. The molecule has 0 spiro atoms. The first-order chi connectivity index (χ1) is 12.0. The summed E-state index contributed by atoms with van der Waals surface area (Å²) in [5.41, 5.74) is 0.705. The van der Waals surface area contributed by atoms with Gasteiger partial charge in [0.25, 0.3) is 0 Å². The van der Waals surface area contributed by atoms with E-state index in [9.17, 15) is 14.4 Å². The minimum absolute atomic E-state index is 0.257. The maximum atomic E-state index is 12.6. The third-order valence-electron chi connectivity index (χ3n) is 4.41. The second-order valence-corrected chi connectivity index (χ2v) is 6.05. The van der Waals surface area contributed by atoms with Crippen molar-refractivity contribution in [2.45, 2.75) is 31.8 Å². The molecule has 0 bridgehead atoms. The number of carbonyl (C=O) groups is 2. The van der Waals surface area contributed by atoms with E-state index in [0.717, 1.165) is 11.8 Å². The number of rotatable bonds is 4. The Labute approximate surface area is 144 Å². The van der Waals surface area contributed by atoms with Crippen molar-refractivity contribution in [1.82, 2.24) is 5.32 Å². The minimum atomic E-state index is -0.725. The molecule has 1 unspecified atom stereocenters. The van der Waals surface area contributed by atoms with E-state index in [-0.39, 0.29) is 5.91 Å². The fourth-order valence-electron chi connectivity index (χ4n) is 3.21. The number of fused-ring (bicyclic) bond motifs is 1. The molecule has 7 heteroatoms. The Kier molecular flexibility index (Phi) is 4.74. The Morgan fingerprint density at radius 2 is 2.12 bits per heavy atom. The summed E-state index contributed by atoms with van der Waals surface area (Å²) in [5, 5.41) is 3.46.